The van der Waals surface area contributed by atoms with Gasteiger partial charge in [0.05, 0.1) is 6.54 Å². The number of nitrogens with one attached hydrogen (secondary N) is 2. The summed E-state index contributed by atoms with van der Waals surface area (Å²) in [6.45, 7) is 5.48. The van der Waals surface area contributed by atoms with Crippen LogP contribution in [0.2, 0.25) is 0 Å². The minimum Gasteiger partial charge on any atom is -0.377 e. The maximum Gasteiger partial charge on any atom is 0.243 e. The Kier molecular flexibility index (Phi) is 9.55. The van der Waals surface area contributed by atoms with Crippen molar-refractivity contribution in [3.63, 3.8) is 0 Å². The largest absolute Gasteiger partial charge is 0.377 e. The highest BCUT2D eigenvalue weighted by atomic mass is 127. The molecule has 2 N–H and O–H groups in total. The number of carbonyl (C=O) groups is 1. The molecule has 2 rings (SSSR count). The first kappa shape index (κ1) is 22.4. The number of halogens is 1. The van der Waals surface area contributed by atoms with Crippen molar-refractivity contribution >= 4 is 35.8 Å². The number of fused-ring (bicyclic) bond motifs is 1. The summed E-state index contributed by atoms with van der Waals surface area (Å²) >= 11 is 0. The number of aromatic nitrogens is 3. The Hall–Kier alpha value is -1.69. The normalized spacial score (nSPS) is 16.3. The van der Waals surface area contributed by atoms with Gasteiger partial charge < -0.3 is 20.3 Å². The van der Waals surface area contributed by atoms with Crippen LogP contribution in [0.4, 0.5) is 0 Å². The van der Waals surface area contributed by atoms with E-state index in [2.05, 4.69) is 32.3 Å². The third kappa shape index (κ3) is 6.56. The zero-order valence-corrected chi connectivity index (χ0v) is 17.9. The van der Waals surface area contributed by atoms with Crippen LogP contribution in [0.3, 0.4) is 0 Å². The van der Waals surface area contributed by atoms with Crippen LogP contribution in [0.25, 0.3) is 0 Å². The van der Waals surface area contributed by atoms with Gasteiger partial charge in [0, 0.05) is 40.2 Å². The van der Waals surface area contributed by atoms with E-state index >= 15 is 0 Å². The van der Waals surface area contributed by atoms with Gasteiger partial charge in [-0.25, -0.2) is 14.7 Å². The highest BCUT2D eigenvalue weighted by Gasteiger charge is 2.22. The highest BCUT2D eigenvalue weighted by Crippen LogP contribution is 2.13. The first-order valence-corrected chi connectivity index (χ1v) is 8.31. The van der Waals surface area contributed by atoms with Gasteiger partial charge in [0.2, 0.25) is 5.91 Å². The van der Waals surface area contributed by atoms with Gasteiger partial charge in [-0.1, -0.05) is 6.08 Å². The fourth-order valence-corrected chi connectivity index (χ4v) is 2.47. The molecule has 1 atom stereocenters. The van der Waals surface area contributed by atoms with Crippen molar-refractivity contribution < 1.29 is 9.53 Å². The van der Waals surface area contributed by atoms with E-state index in [-0.39, 0.29) is 42.5 Å². The number of likely N-dealkylation sites (N-methyl/N-ethyl adjacent to an activating group) is 1. The lowest BCUT2D eigenvalue weighted by molar-refractivity contribution is -0.127. The zero-order valence-electron chi connectivity index (χ0n) is 15.6. The van der Waals surface area contributed by atoms with Crippen molar-refractivity contribution in [1.29, 1.82) is 0 Å². The van der Waals surface area contributed by atoms with Crippen LogP contribution >= 0.6 is 24.0 Å². The standard InChI is InChI=1S/C16H27N7O2.HI/c1-5-8-17-16(18-9-15(24)22(2)3)19-12-6-7-14-20-13(11-25-4)21-23(14)10-12;/h5,12H,1,6-11H2,2-4H3,(H2,17,18,19);1H. The molecule has 0 aromatic carbocycles. The fourth-order valence-electron chi connectivity index (χ4n) is 2.47. The summed E-state index contributed by atoms with van der Waals surface area (Å²) in [6, 6.07) is 0.162. The molecule has 10 heteroatoms. The summed E-state index contributed by atoms with van der Waals surface area (Å²) in [4.78, 5) is 22.1. The number of carbonyl (C=O) groups excluding carboxylic acids is 1. The number of aryl methyl sites for hydroxylation is 1. The number of aliphatic imine (C=N–C) groups is 1. The zero-order chi connectivity index (χ0) is 18.2. The van der Waals surface area contributed by atoms with Crippen LogP contribution < -0.4 is 10.6 Å². The van der Waals surface area contributed by atoms with E-state index < -0.39 is 0 Å². The Balaban J connectivity index is 0.00000338. The molecule has 0 bridgehead atoms. The quantitative estimate of drug-likeness (QED) is 0.252. The maximum absolute atomic E-state index is 11.8. The number of guanidine groups is 1. The molecular formula is C16H28IN7O2. The number of rotatable bonds is 7. The number of ether oxygens (including phenoxy) is 1. The molecule has 146 valence electrons. The number of hydrogen-bond donors (Lipinski definition) is 2. The van der Waals surface area contributed by atoms with Gasteiger partial charge in [0.25, 0.3) is 0 Å². The topological polar surface area (TPSA) is 96.7 Å². The molecule has 1 aliphatic heterocycles. The number of hydrogen-bond acceptors (Lipinski definition) is 5. The molecule has 0 saturated carbocycles. The van der Waals surface area contributed by atoms with Gasteiger partial charge in [-0.05, 0) is 6.42 Å². The molecule has 1 unspecified atom stereocenters. The molecule has 0 aliphatic carbocycles. The molecule has 1 aliphatic rings. The second-order valence-corrected chi connectivity index (χ2v) is 6.06. The monoisotopic (exact) mass is 477 g/mol. The smallest absolute Gasteiger partial charge is 0.243 e. The molecule has 1 amide bonds. The summed E-state index contributed by atoms with van der Waals surface area (Å²) in [6.07, 6.45) is 3.50. The van der Waals surface area contributed by atoms with Crippen LogP contribution in [0, 0.1) is 0 Å². The Morgan fingerprint density at radius 3 is 2.96 bits per heavy atom. The van der Waals surface area contributed by atoms with E-state index in [1.807, 2.05) is 4.68 Å². The number of nitrogens with zero attached hydrogens (tertiary/aromatic N) is 5. The Bertz CT molecular complexity index is 630. The molecule has 1 aromatic heterocycles. The van der Waals surface area contributed by atoms with Gasteiger partial charge in [-0.3, -0.25) is 4.79 Å². The summed E-state index contributed by atoms with van der Waals surface area (Å²) in [7, 11) is 5.06. The van der Waals surface area contributed by atoms with E-state index in [0.717, 1.165) is 18.7 Å². The summed E-state index contributed by atoms with van der Waals surface area (Å²) in [5, 5.41) is 11.0. The van der Waals surface area contributed by atoms with Crippen molar-refractivity contribution in [1.82, 2.24) is 30.3 Å². The summed E-state index contributed by atoms with van der Waals surface area (Å²) < 4.78 is 6.99. The van der Waals surface area contributed by atoms with Crippen LogP contribution in [0.5, 0.6) is 0 Å². The van der Waals surface area contributed by atoms with Crippen LogP contribution in [0.1, 0.15) is 18.1 Å². The molecule has 2 heterocycles. The fraction of sp³-hybridized carbons (Fsp3) is 0.625. The first-order chi connectivity index (χ1) is 12.0. The Morgan fingerprint density at radius 2 is 2.31 bits per heavy atom. The predicted molar refractivity (Wildman–Crippen MR) is 111 cm³/mol. The molecular weight excluding hydrogens is 449 g/mol. The average Bonchev–Trinajstić information content (AvgIpc) is 2.98. The molecule has 0 saturated heterocycles. The van der Waals surface area contributed by atoms with Gasteiger partial charge in [0.15, 0.2) is 11.8 Å². The molecule has 0 radical (unpaired) electrons. The third-order valence-corrected chi connectivity index (χ3v) is 3.80. The van der Waals surface area contributed by atoms with Crippen molar-refractivity contribution in [2.75, 3.05) is 34.3 Å². The highest BCUT2D eigenvalue weighted by molar-refractivity contribution is 14.0. The number of methoxy groups -OCH3 is 1. The SMILES string of the molecule is C=CCNC(=NCC(=O)N(C)C)NC1CCc2nc(COC)nn2C1.I. The number of amides is 1. The van der Waals surface area contributed by atoms with Crippen LogP contribution in [-0.4, -0.2) is 71.9 Å². The van der Waals surface area contributed by atoms with Crippen molar-refractivity contribution in [3.05, 3.63) is 24.3 Å². The third-order valence-electron chi connectivity index (χ3n) is 3.80. The van der Waals surface area contributed by atoms with Crippen molar-refractivity contribution in [3.8, 4) is 0 Å². The lowest BCUT2D eigenvalue weighted by Crippen LogP contribution is -2.47. The molecule has 1 aromatic rings. The molecule has 9 nitrogen and oxygen atoms in total. The van der Waals surface area contributed by atoms with E-state index in [1.165, 1.54) is 4.90 Å². The van der Waals surface area contributed by atoms with Crippen molar-refractivity contribution in [2.45, 2.75) is 32.0 Å². The minimum absolute atomic E-state index is 0. The van der Waals surface area contributed by atoms with E-state index in [0.29, 0.717) is 31.5 Å². The average molecular weight is 477 g/mol. The van der Waals surface area contributed by atoms with Crippen molar-refractivity contribution in [2.24, 2.45) is 4.99 Å². The summed E-state index contributed by atoms with van der Waals surface area (Å²) in [5.74, 6) is 2.23. The van der Waals surface area contributed by atoms with Gasteiger partial charge in [0.1, 0.15) is 19.0 Å². The lowest BCUT2D eigenvalue weighted by atomic mass is 10.1. The predicted octanol–water partition coefficient (Wildman–Crippen LogP) is 0.167. The lowest BCUT2D eigenvalue weighted by Gasteiger charge is -2.25. The van der Waals surface area contributed by atoms with Gasteiger partial charge in [-0.15, -0.1) is 30.6 Å². The Labute approximate surface area is 171 Å². The first-order valence-electron chi connectivity index (χ1n) is 8.31. The van der Waals surface area contributed by atoms with E-state index in [1.54, 1.807) is 27.3 Å². The van der Waals surface area contributed by atoms with Gasteiger partial charge in [-0.2, -0.15) is 5.10 Å². The van der Waals surface area contributed by atoms with Crippen LogP contribution in [-0.2, 0) is 29.1 Å². The minimum atomic E-state index is -0.0499. The second kappa shape index (κ2) is 11.1. The second-order valence-electron chi connectivity index (χ2n) is 6.06. The molecule has 0 fully saturated rings. The molecule has 0 spiro atoms. The molecule has 26 heavy (non-hydrogen) atoms. The maximum atomic E-state index is 11.8. The Morgan fingerprint density at radius 1 is 1.54 bits per heavy atom. The van der Waals surface area contributed by atoms with E-state index in [4.69, 9.17) is 4.74 Å². The van der Waals surface area contributed by atoms with E-state index in [9.17, 15) is 4.79 Å². The van der Waals surface area contributed by atoms with Gasteiger partial charge >= 0.3 is 0 Å². The summed E-state index contributed by atoms with van der Waals surface area (Å²) in [5.41, 5.74) is 0. The van der Waals surface area contributed by atoms with Crippen LogP contribution in [0.15, 0.2) is 17.6 Å².